The average Bonchev–Trinajstić information content (AvgIpc) is 3.25. The highest BCUT2D eigenvalue weighted by atomic mass is 19.2. The van der Waals surface area contributed by atoms with E-state index >= 15 is 4.39 Å². The highest BCUT2D eigenvalue weighted by molar-refractivity contribution is 5.98. The zero-order valence-corrected chi connectivity index (χ0v) is 16.6. The first-order valence-corrected chi connectivity index (χ1v) is 9.80. The van der Waals surface area contributed by atoms with Gasteiger partial charge in [-0.25, -0.2) is 18.0 Å². The molecule has 2 aliphatic carbocycles. The summed E-state index contributed by atoms with van der Waals surface area (Å²) in [6, 6.07) is 9.12. The fraction of sp³-hybridized carbons (Fsp3) is 0.304. The molecule has 4 atom stereocenters. The minimum Gasteiger partial charge on any atom is -0.496 e. The Bertz CT molecular complexity index is 1070. The van der Waals surface area contributed by atoms with Crippen molar-refractivity contribution in [2.75, 3.05) is 7.11 Å². The van der Waals surface area contributed by atoms with Gasteiger partial charge < -0.3 is 15.2 Å². The number of halogens is 3. The number of carboxylic acids is 1. The third kappa shape index (κ3) is 3.36. The number of methoxy groups -OCH3 is 1. The number of nitrogens with one attached hydrogen (secondary N) is 1. The first kappa shape index (κ1) is 21.0. The number of rotatable bonds is 5. The lowest BCUT2D eigenvalue weighted by atomic mass is 9.81. The minimum absolute atomic E-state index is 0.237. The van der Waals surface area contributed by atoms with E-state index in [1.165, 1.54) is 7.11 Å². The number of ether oxygens (including phenoxy) is 1. The second kappa shape index (κ2) is 7.76. The van der Waals surface area contributed by atoms with Crippen molar-refractivity contribution in [3.8, 4) is 5.75 Å². The van der Waals surface area contributed by atoms with E-state index in [0.717, 1.165) is 5.56 Å². The lowest BCUT2D eigenvalue weighted by molar-refractivity contribution is -0.156. The van der Waals surface area contributed by atoms with Crippen molar-refractivity contribution in [1.82, 2.24) is 5.32 Å². The molecule has 1 amide bonds. The Hall–Kier alpha value is -3.29. The molecule has 162 valence electrons. The summed E-state index contributed by atoms with van der Waals surface area (Å²) < 4.78 is 48.1. The summed E-state index contributed by atoms with van der Waals surface area (Å²) in [5.74, 6) is -6.74. The molecule has 2 aromatic rings. The van der Waals surface area contributed by atoms with Crippen LogP contribution in [0, 0.1) is 23.5 Å². The first-order valence-electron chi connectivity index (χ1n) is 9.80. The molecule has 2 N–H and O–H groups in total. The van der Waals surface area contributed by atoms with Crippen LogP contribution in [0.1, 0.15) is 28.8 Å². The van der Waals surface area contributed by atoms with E-state index in [9.17, 15) is 23.5 Å². The predicted octanol–water partition coefficient (Wildman–Crippen LogP) is 3.99. The van der Waals surface area contributed by atoms with E-state index in [1.54, 1.807) is 6.08 Å². The summed E-state index contributed by atoms with van der Waals surface area (Å²) in [5, 5.41) is 12.2. The summed E-state index contributed by atoms with van der Waals surface area (Å²) in [7, 11) is 1.18. The third-order valence-electron chi connectivity index (χ3n) is 6.19. The van der Waals surface area contributed by atoms with Gasteiger partial charge in [0.05, 0.1) is 18.7 Å². The second-order valence-electron chi connectivity index (χ2n) is 7.78. The van der Waals surface area contributed by atoms with E-state index in [1.807, 2.05) is 30.3 Å². The monoisotopic (exact) mass is 431 g/mol. The molecule has 0 aliphatic heterocycles. The van der Waals surface area contributed by atoms with Gasteiger partial charge in [0, 0.05) is 17.9 Å². The van der Waals surface area contributed by atoms with Crippen molar-refractivity contribution in [2.24, 2.45) is 11.8 Å². The first-order chi connectivity index (χ1) is 14.8. The van der Waals surface area contributed by atoms with Gasteiger partial charge in [0.2, 0.25) is 5.67 Å². The van der Waals surface area contributed by atoms with Gasteiger partial charge in [-0.1, -0.05) is 42.0 Å². The molecule has 4 rings (SSSR count). The second-order valence-corrected chi connectivity index (χ2v) is 7.78. The van der Waals surface area contributed by atoms with Gasteiger partial charge >= 0.3 is 5.97 Å². The molecular formula is C23H20F3NO4. The van der Waals surface area contributed by atoms with Gasteiger partial charge in [0.15, 0.2) is 11.6 Å². The maximum absolute atomic E-state index is 15.9. The van der Waals surface area contributed by atoms with Crippen LogP contribution in [-0.4, -0.2) is 35.8 Å². The standard InChI is InChI=1S/C23H20F3NO4/c1-31-19-11-18(25)17(24)10-15(19)21(28)27-20-13-7-8-16(23(20,26)22(29)30)14(13)9-12-5-3-2-4-6-12/h2-6,9-11,13,16,20H,7-8H2,1H3,(H,27,28)(H,29,30)/b14-9+/t13?,16?,20-,23-/m1/s1. The van der Waals surface area contributed by atoms with Gasteiger partial charge in [-0.2, -0.15) is 0 Å². The van der Waals surface area contributed by atoms with Crippen LogP contribution < -0.4 is 10.1 Å². The van der Waals surface area contributed by atoms with Crippen LogP contribution in [-0.2, 0) is 4.79 Å². The summed E-state index contributed by atoms with van der Waals surface area (Å²) in [6.45, 7) is 0. The Morgan fingerprint density at radius 1 is 1.16 bits per heavy atom. The zero-order chi connectivity index (χ0) is 22.3. The molecule has 2 bridgehead atoms. The highest BCUT2D eigenvalue weighted by Crippen LogP contribution is 2.57. The molecule has 0 spiro atoms. The molecule has 0 aromatic heterocycles. The molecule has 2 aromatic carbocycles. The summed E-state index contributed by atoms with van der Waals surface area (Å²) in [5.41, 5.74) is -1.63. The van der Waals surface area contributed by atoms with Crippen LogP contribution in [0.5, 0.6) is 5.75 Å². The number of amides is 1. The molecule has 2 saturated carbocycles. The zero-order valence-electron chi connectivity index (χ0n) is 16.6. The number of hydrogen-bond acceptors (Lipinski definition) is 3. The Morgan fingerprint density at radius 3 is 2.48 bits per heavy atom. The molecule has 8 heteroatoms. The van der Waals surface area contributed by atoms with Crippen LogP contribution in [0.2, 0.25) is 0 Å². The minimum atomic E-state index is -2.72. The number of aliphatic carboxylic acids is 1. The van der Waals surface area contributed by atoms with E-state index < -0.39 is 47.1 Å². The molecule has 0 heterocycles. The van der Waals surface area contributed by atoms with Gasteiger partial charge in [-0.3, -0.25) is 4.79 Å². The van der Waals surface area contributed by atoms with E-state index in [-0.39, 0.29) is 11.3 Å². The molecule has 2 unspecified atom stereocenters. The van der Waals surface area contributed by atoms with Crippen molar-refractivity contribution in [1.29, 1.82) is 0 Å². The van der Waals surface area contributed by atoms with Gasteiger partial charge in [0.25, 0.3) is 5.91 Å². The van der Waals surface area contributed by atoms with Crippen LogP contribution in [0.3, 0.4) is 0 Å². The smallest absolute Gasteiger partial charge is 0.344 e. The summed E-state index contributed by atoms with van der Waals surface area (Å²) >= 11 is 0. The van der Waals surface area contributed by atoms with Crippen LogP contribution in [0.4, 0.5) is 13.2 Å². The summed E-state index contributed by atoms with van der Waals surface area (Å²) in [6.07, 6.45) is 2.61. The van der Waals surface area contributed by atoms with Crippen molar-refractivity contribution >= 4 is 18.0 Å². The summed E-state index contributed by atoms with van der Waals surface area (Å²) in [4.78, 5) is 24.8. The number of alkyl halides is 1. The van der Waals surface area contributed by atoms with Crippen molar-refractivity contribution in [2.45, 2.75) is 24.6 Å². The fourth-order valence-corrected chi connectivity index (χ4v) is 4.79. The average molecular weight is 431 g/mol. The SMILES string of the molecule is COc1cc(F)c(F)cc1C(=O)N[C@@H]1C2CCC(/C2=C/c2ccccc2)[C@]1(F)C(=O)O. The highest BCUT2D eigenvalue weighted by Gasteiger charge is 2.67. The number of fused-ring (bicyclic) bond motifs is 2. The molecule has 0 saturated heterocycles. The Morgan fingerprint density at radius 2 is 1.84 bits per heavy atom. The van der Waals surface area contributed by atoms with Gasteiger partial charge in [-0.15, -0.1) is 0 Å². The fourth-order valence-electron chi connectivity index (χ4n) is 4.79. The lowest BCUT2D eigenvalue weighted by Crippen LogP contribution is -2.57. The molecule has 2 aliphatic rings. The van der Waals surface area contributed by atoms with E-state index in [2.05, 4.69) is 5.32 Å². The van der Waals surface area contributed by atoms with E-state index in [4.69, 9.17) is 4.74 Å². The Balaban J connectivity index is 1.71. The maximum atomic E-state index is 15.9. The van der Waals surface area contributed by atoms with E-state index in [0.29, 0.717) is 30.5 Å². The maximum Gasteiger partial charge on any atom is 0.344 e. The van der Waals surface area contributed by atoms with Crippen LogP contribution in [0.15, 0.2) is 48.0 Å². The quantitative estimate of drug-likeness (QED) is 0.751. The van der Waals surface area contributed by atoms with Crippen LogP contribution >= 0.6 is 0 Å². The normalized spacial score (nSPS) is 28.0. The Labute approximate surface area is 176 Å². The van der Waals surface area contributed by atoms with Crippen molar-refractivity contribution in [3.63, 3.8) is 0 Å². The van der Waals surface area contributed by atoms with Crippen LogP contribution in [0.25, 0.3) is 6.08 Å². The molecule has 2 fully saturated rings. The third-order valence-corrected chi connectivity index (χ3v) is 6.19. The molecule has 0 radical (unpaired) electrons. The van der Waals surface area contributed by atoms with Gasteiger partial charge in [-0.05, 0) is 24.5 Å². The largest absolute Gasteiger partial charge is 0.496 e. The number of carboxylic acid groups (broad SMARTS) is 1. The van der Waals surface area contributed by atoms with Crippen molar-refractivity contribution < 1.29 is 32.6 Å². The van der Waals surface area contributed by atoms with Crippen molar-refractivity contribution in [3.05, 3.63) is 70.8 Å². The topological polar surface area (TPSA) is 75.6 Å². The number of hydrogen-bond donors (Lipinski definition) is 2. The molecule has 31 heavy (non-hydrogen) atoms. The number of carbonyl (C=O) groups excluding carboxylic acids is 1. The number of carbonyl (C=O) groups is 2. The van der Waals surface area contributed by atoms with Gasteiger partial charge in [0.1, 0.15) is 5.75 Å². The molecular weight excluding hydrogens is 411 g/mol. The lowest BCUT2D eigenvalue weighted by Gasteiger charge is -2.33. The predicted molar refractivity (Wildman–Crippen MR) is 106 cm³/mol. The number of benzene rings is 2. The molecule has 5 nitrogen and oxygen atoms in total. The Kier molecular flexibility index (Phi) is 5.24.